The van der Waals surface area contributed by atoms with E-state index in [2.05, 4.69) is 47.5 Å². The van der Waals surface area contributed by atoms with Crippen LogP contribution in [0.3, 0.4) is 0 Å². The molecule has 0 bridgehead atoms. The fourth-order valence-electron chi connectivity index (χ4n) is 10.8. The predicted octanol–water partition coefficient (Wildman–Crippen LogP) is -3.28. The minimum atomic E-state index is -1.66. The van der Waals surface area contributed by atoms with E-state index in [-0.39, 0.29) is 76.6 Å². The van der Waals surface area contributed by atoms with Gasteiger partial charge in [-0.2, -0.15) is 11.8 Å². The van der Waals surface area contributed by atoms with Crippen molar-refractivity contribution >= 4 is 101 Å². The molecule has 2 aliphatic rings. The van der Waals surface area contributed by atoms with Crippen molar-refractivity contribution in [1.82, 2.24) is 52.3 Å². The third-order valence-electron chi connectivity index (χ3n) is 15.7. The van der Waals surface area contributed by atoms with Crippen molar-refractivity contribution in [2.75, 3.05) is 44.7 Å². The van der Waals surface area contributed by atoms with E-state index < -0.39 is 169 Å². The van der Waals surface area contributed by atoms with Crippen molar-refractivity contribution in [2.24, 2.45) is 51.0 Å². The number of amides is 13. The molecule has 0 saturated carbocycles. The Morgan fingerprint density at radius 1 is 0.600 bits per heavy atom. The summed E-state index contributed by atoms with van der Waals surface area (Å²) in [6.07, 6.45) is 4.45. The number of hydrogen-bond donors (Lipinski definition) is 15. The SMILES string of the molecule is CSCC[C@H](NC(=O)[C@H](CC(C)C)NC(=O)CNC(=O)/C(=C\c1ccccc1)NC(=O)[C@H](Cc1ccccc1)NC(=O)[C@H](CCC(N)=O)NC(=O)[C@H](CCC(N)=O)NC(=O)[C@@H]1CCCN1C(=O)[C@H](CCCCN)NC(=O)[C@@H]1CCCN1C(=O)[C@@H](N)CCCN=C(N)N)C(N)=O. The van der Waals surface area contributed by atoms with Crippen LogP contribution in [0.5, 0.6) is 0 Å². The van der Waals surface area contributed by atoms with Crippen LogP contribution < -0.4 is 82.7 Å². The minimum Gasteiger partial charge on any atom is -0.370 e. The molecule has 9 atom stereocenters. The van der Waals surface area contributed by atoms with Gasteiger partial charge in [-0.1, -0.05) is 74.5 Å². The number of nitrogens with two attached hydrogens (primary N) is 7. The maximum atomic E-state index is 14.6. The molecular weight excluding hydrogens is 1250 g/mol. The highest BCUT2D eigenvalue weighted by molar-refractivity contribution is 7.98. The Morgan fingerprint density at radius 3 is 1.68 bits per heavy atom. The van der Waals surface area contributed by atoms with E-state index in [0.29, 0.717) is 55.4 Å². The van der Waals surface area contributed by atoms with Crippen LogP contribution in [-0.2, 0) is 68.7 Å². The molecule has 0 radical (unpaired) electrons. The molecule has 0 unspecified atom stereocenters. The average Bonchev–Trinajstić information content (AvgIpc) is 1.74. The van der Waals surface area contributed by atoms with Gasteiger partial charge in [-0.05, 0) is 125 Å². The number of carbonyl (C=O) groups excluding carboxylic acids is 13. The van der Waals surface area contributed by atoms with Crippen LogP contribution in [0, 0.1) is 5.92 Å². The first kappa shape index (κ1) is 78.3. The number of hydrogen-bond acceptors (Lipinski definition) is 17. The lowest BCUT2D eigenvalue weighted by Gasteiger charge is -2.32. The number of unbranched alkanes of at least 4 members (excludes halogenated alkanes) is 1. The first-order valence-corrected chi connectivity index (χ1v) is 33.3. The number of nitrogens with one attached hydrogen (secondary N) is 8. The van der Waals surface area contributed by atoms with Crippen molar-refractivity contribution in [3.8, 4) is 0 Å². The van der Waals surface area contributed by atoms with Crippen LogP contribution in [0.15, 0.2) is 71.4 Å². The number of nitrogens with zero attached hydrogens (tertiary/aromatic N) is 3. The molecule has 2 aromatic rings. The van der Waals surface area contributed by atoms with Crippen molar-refractivity contribution < 1.29 is 62.3 Å². The highest BCUT2D eigenvalue weighted by Crippen LogP contribution is 2.24. The van der Waals surface area contributed by atoms with Gasteiger partial charge < -0.3 is 92.5 Å². The van der Waals surface area contributed by atoms with Gasteiger partial charge in [-0.3, -0.25) is 67.3 Å². The Morgan fingerprint density at radius 2 is 1.14 bits per heavy atom. The first-order valence-electron chi connectivity index (χ1n) is 31.9. The van der Waals surface area contributed by atoms with Crippen LogP contribution in [0.1, 0.15) is 121 Å². The zero-order chi connectivity index (χ0) is 70.1. The predicted molar refractivity (Wildman–Crippen MR) is 356 cm³/mol. The van der Waals surface area contributed by atoms with Crippen LogP contribution in [0.25, 0.3) is 6.08 Å². The molecular formula is C63H96N18O13S. The highest BCUT2D eigenvalue weighted by Gasteiger charge is 2.42. The molecule has 0 spiro atoms. The third kappa shape index (κ3) is 27.4. The summed E-state index contributed by atoms with van der Waals surface area (Å²) in [5, 5.41) is 20.8. The first-order chi connectivity index (χ1) is 45.2. The van der Waals surface area contributed by atoms with Crippen molar-refractivity contribution in [1.29, 1.82) is 0 Å². The molecule has 4 rings (SSSR count). The number of guanidine groups is 1. The van der Waals surface area contributed by atoms with Gasteiger partial charge in [0.15, 0.2) is 5.96 Å². The van der Waals surface area contributed by atoms with Gasteiger partial charge in [0, 0.05) is 38.9 Å². The van der Waals surface area contributed by atoms with Gasteiger partial charge in [0.25, 0.3) is 5.91 Å². The molecule has 2 heterocycles. The summed E-state index contributed by atoms with van der Waals surface area (Å²) in [5.74, 6) is -10.1. The molecule has 2 fully saturated rings. The molecule has 2 aromatic carbocycles. The van der Waals surface area contributed by atoms with Gasteiger partial charge in [-0.15, -0.1) is 0 Å². The van der Waals surface area contributed by atoms with Crippen LogP contribution in [0.4, 0.5) is 0 Å². The second kappa shape index (κ2) is 40.8. The molecule has 31 nitrogen and oxygen atoms in total. The Balaban J connectivity index is 1.57. The summed E-state index contributed by atoms with van der Waals surface area (Å²) < 4.78 is 0. The van der Waals surface area contributed by atoms with E-state index in [1.165, 1.54) is 27.6 Å². The zero-order valence-electron chi connectivity index (χ0n) is 54.3. The maximum absolute atomic E-state index is 14.6. The quantitative estimate of drug-likeness (QED) is 0.0134. The molecule has 2 saturated heterocycles. The maximum Gasteiger partial charge on any atom is 0.268 e. The summed E-state index contributed by atoms with van der Waals surface area (Å²) in [5.41, 5.74) is 40.0. The number of aliphatic imine (C=N–C) groups is 1. The van der Waals surface area contributed by atoms with E-state index in [1.807, 2.05) is 20.1 Å². The number of benzene rings is 2. The Bertz CT molecular complexity index is 3030. The lowest BCUT2D eigenvalue weighted by molar-refractivity contribution is -0.144. The summed E-state index contributed by atoms with van der Waals surface area (Å²) >= 11 is 1.45. The van der Waals surface area contributed by atoms with Crippen molar-refractivity contribution in [3.63, 3.8) is 0 Å². The average molecular weight is 1350 g/mol. The largest absolute Gasteiger partial charge is 0.370 e. The number of likely N-dealkylation sites (tertiary alicyclic amines) is 2. The molecule has 95 heavy (non-hydrogen) atoms. The number of carbonyl (C=O) groups is 13. The Labute approximate surface area is 557 Å². The number of rotatable bonds is 41. The zero-order valence-corrected chi connectivity index (χ0v) is 55.1. The molecule has 2 aliphatic heterocycles. The summed E-state index contributed by atoms with van der Waals surface area (Å²) in [6, 6.07) is 5.48. The summed E-state index contributed by atoms with van der Waals surface area (Å²) in [4.78, 5) is 185. The summed E-state index contributed by atoms with van der Waals surface area (Å²) in [6.45, 7) is 3.80. The minimum absolute atomic E-state index is 0.0702. The molecule has 0 aromatic heterocycles. The standard InChI is InChI=1S/C63H96N18O13S/c1-37(2)33-45(57(89)74-41(53(68)85)27-32-95-3)73-52(84)36-72-54(86)46(34-38-15-6-4-7-16-38)78-58(90)47(35-39-17-8-5-9-18-39)79-56(88)42(23-25-50(66)82)75-55(87)43(24-26-51(67)83)76-59(91)49-22-14-31-81(49)62(94)44(20-10-11-28-64)77-60(92)48-21-13-30-80(48)61(93)40(65)19-12-29-71-63(69)70/h4-9,15-18,34,37,40-45,47-49H,10-14,19-33,35-36,64-65H2,1-3H3,(H2,66,82)(H2,67,83)(H2,68,85)(H,72,86)(H,73,84)(H,74,89)(H,75,87)(H,76,91)(H,77,92)(H,78,90)(H,79,88)(H4,69,70,71)/b46-34+/t40-,41-,42-,43-,44-,45-,47-,48-,49-/m0/s1. The third-order valence-corrected chi connectivity index (χ3v) is 16.4. The topological polar surface area (TPSA) is 519 Å². The van der Waals surface area contributed by atoms with Gasteiger partial charge in [0.2, 0.25) is 70.9 Å². The molecule has 13 amide bonds. The second-order valence-corrected chi connectivity index (χ2v) is 24.8. The van der Waals surface area contributed by atoms with Crippen LogP contribution in [-0.4, -0.2) is 192 Å². The summed E-state index contributed by atoms with van der Waals surface area (Å²) in [7, 11) is 0. The van der Waals surface area contributed by atoms with Crippen LogP contribution in [0.2, 0.25) is 0 Å². The van der Waals surface area contributed by atoms with Gasteiger partial charge >= 0.3 is 0 Å². The van der Waals surface area contributed by atoms with Crippen molar-refractivity contribution in [2.45, 2.75) is 171 Å². The number of primary amides is 3. The Kier molecular flexibility index (Phi) is 33.6. The van der Waals surface area contributed by atoms with E-state index >= 15 is 0 Å². The van der Waals surface area contributed by atoms with Gasteiger partial charge in [0.1, 0.15) is 54.0 Å². The molecule has 522 valence electrons. The lowest BCUT2D eigenvalue weighted by Crippen LogP contribution is -2.59. The molecule has 22 N–H and O–H groups in total. The van der Waals surface area contributed by atoms with E-state index in [9.17, 15) is 62.3 Å². The lowest BCUT2D eigenvalue weighted by atomic mass is 10.0. The molecule has 0 aliphatic carbocycles. The van der Waals surface area contributed by atoms with Crippen molar-refractivity contribution in [3.05, 3.63) is 77.5 Å². The van der Waals surface area contributed by atoms with E-state index in [4.69, 9.17) is 40.1 Å². The van der Waals surface area contributed by atoms with E-state index in [0.717, 1.165) is 0 Å². The number of thioether (sulfide) groups is 1. The fraction of sp³-hybridized carbons (Fsp3) is 0.556. The normalized spacial score (nSPS) is 16.7. The molecule has 32 heteroatoms. The van der Waals surface area contributed by atoms with Crippen LogP contribution >= 0.6 is 11.8 Å². The van der Waals surface area contributed by atoms with E-state index in [1.54, 1.807) is 60.7 Å². The van der Waals surface area contributed by atoms with Gasteiger partial charge in [-0.25, -0.2) is 0 Å². The second-order valence-electron chi connectivity index (χ2n) is 23.8. The smallest absolute Gasteiger partial charge is 0.268 e. The monoisotopic (exact) mass is 1340 g/mol. The Hall–Kier alpha value is -9.17. The van der Waals surface area contributed by atoms with Gasteiger partial charge in [0.05, 0.1) is 12.6 Å². The highest BCUT2D eigenvalue weighted by atomic mass is 32.2. The fourth-order valence-corrected chi connectivity index (χ4v) is 11.2.